The Morgan fingerprint density at radius 3 is 2.32 bits per heavy atom. The van der Waals surface area contributed by atoms with Crippen molar-refractivity contribution >= 4 is 5.91 Å². The number of piperidine rings is 1. The summed E-state index contributed by atoms with van der Waals surface area (Å²) in [5.41, 5.74) is 4.65. The van der Waals surface area contributed by atoms with E-state index < -0.39 is 0 Å². The Balaban J connectivity index is 1.52. The quantitative estimate of drug-likeness (QED) is 0.512. The number of carbonyl (C=O) groups excluding carboxylic acids is 1. The summed E-state index contributed by atoms with van der Waals surface area (Å²) in [4.78, 5) is 21.9. The molecule has 2 aromatic carbocycles. The van der Waals surface area contributed by atoms with Crippen LogP contribution in [0, 0.1) is 0 Å². The summed E-state index contributed by atoms with van der Waals surface area (Å²) in [5.74, 6) is 0.213. The van der Waals surface area contributed by atoms with Crippen molar-refractivity contribution in [3.8, 4) is 11.1 Å². The van der Waals surface area contributed by atoms with Crippen molar-refractivity contribution in [2.75, 3.05) is 19.6 Å². The molecule has 1 aliphatic heterocycles. The number of pyridine rings is 1. The molecule has 1 aliphatic rings. The second-order valence-electron chi connectivity index (χ2n) is 8.28. The van der Waals surface area contributed by atoms with Gasteiger partial charge in [0, 0.05) is 38.4 Å². The van der Waals surface area contributed by atoms with E-state index in [0.29, 0.717) is 19.5 Å². The van der Waals surface area contributed by atoms with Gasteiger partial charge in [-0.05, 0) is 60.3 Å². The highest BCUT2D eigenvalue weighted by molar-refractivity contribution is 5.77. The first-order valence-electron chi connectivity index (χ1n) is 11.3. The first-order chi connectivity index (χ1) is 15.3. The van der Waals surface area contributed by atoms with Crippen LogP contribution < -0.4 is 0 Å². The number of benzene rings is 2. The largest absolute Gasteiger partial charge is 0.334 e. The molecule has 2 heterocycles. The number of hydrogen-bond donors (Lipinski definition) is 0. The maximum absolute atomic E-state index is 13.3. The fraction of sp³-hybridized carbons (Fsp3) is 0.333. The Kier molecular flexibility index (Phi) is 7.46. The van der Waals surface area contributed by atoms with Crippen molar-refractivity contribution in [1.29, 1.82) is 0 Å². The summed E-state index contributed by atoms with van der Waals surface area (Å²) >= 11 is 0. The molecule has 4 heteroatoms. The molecule has 0 N–H and O–H groups in total. The van der Waals surface area contributed by atoms with Gasteiger partial charge in [0.1, 0.15) is 0 Å². The van der Waals surface area contributed by atoms with Gasteiger partial charge in [0.05, 0.1) is 0 Å². The average Bonchev–Trinajstić information content (AvgIpc) is 2.84. The first-order valence-corrected chi connectivity index (χ1v) is 11.3. The van der Waals surface area contributed by atoms with Gasteiger partial charge in [-0.3, -0.25) is 9.78 Å². The predicted molar refractivity (Wildman–Crippen MR) is 125 cm³/mol. The van der Waals surface area contributed by atoms with Gasteiger partial charge in [0.25, 0.3) is 0 Å². The summed E-state index contributed by atoms with van der Waals surface area (Å²) in [6, 6.07) is 22.8. The molecule has 31 heavy (non-hydrogen) atoms. The minimum atomic E-state index is 0.213. The topological polar surface area (TPSA) is 36.4 Å². The molecule has 1 amide bonds. The number of likely N-dealkylation sites (tertiary alicyclic amines) is 1. The summed E-state index contributed by atoms with van der Waals surface area (Å²) in [6.07, 6.45) is 7.97. The molecule has 0 unspecified atom stereocenters. The van der Waals surface area contributed by atoms with Crippen LogP contribution in [0.2, 0.25) is 0 Å². The smallest absolute Gasteiger partial charge is 0.224 e. The van der Waals surface area contributed by atoms with E-state index in [-0.39, 0.29) is 5.91 Å². The van der Waals surface area contributed by atoms with Gasteiger partial charge in [-0.2, -0.15) is 0 Å². The van der Waals surface area contributed by atoms with Gasteiger partial charge in [-0.1, -0.05) is 61.0 Å². The minimum absolute atomic E-state index is 0.213. The highest BCUT2D eigenvalue weighted by atomic mass is 16.2. The molecule has 1 aromatic heterocycles. The molecule has 0 radical (unpaired) electrons. The zero-order chi connectivity index (χ0) is 21.3. The van der Waals surface area contributed by atoms with Crippen LogP contribution in [0.25, 0.3) is 11.1 Å². The number of amides is 1. The normalized spacial score (nSPS) is 14.3. The second kappa shape index (κ2) is 10.9. The van der Waals surface area contributed by atoms with Crippen molar-refractivity contribution in [2.45, 2.75) is 38.8 Å². The maximum atomic E-state index is 13.3. The van der Waals surface area contributed by atoms with E-state index in [1.165, 1.54) is 36.0 Å². The average molecular weight is 414 g/mol. The zero-order valence-electron chi connectivity index (χ0n) is 18.1. The Morgan fingerprint density at radius 2 is 1.55 bits per heavy atom. The number of aromatic nitrogens is 1. The van der Waals surface area contributed by atoms with Crippen LogP contribution in [-0.4, -0.2) is 40.3 Å². The molecular weight excluding hydrogens is 382 g/mol. The second-order valence-corrected chi connectivity index (χ2v) is 8.28. The minimum Gasteiger partial charge on any atom is -0.334 e. The van der Waals surface area contributed by atoms with E-state index in [2.05, 4.69) is 58.4 Å². The van der Waals surface area contributed by atoms with Gasteiger partial charge >= 0.3 is 0 Å². The summed E-state index contributed by atoms with van der Waals surface area (Å²) in [7, 11) is 0. The number of nitrogens with zero attached hydrogens (tertiary/aromatic N) is 3. The fourth-order valence-corrected chi connectivity index (χ4v) is 4.30. The first kappa shape index (κ1) is 21.3. The van der Waals surface area contributed by atoms with Gasteiger partial charge in [0.15, 0.2) is 0 Å². The lowest BCUT2D eigenvalue weighted by Gasteiger charge is -2.28. The van der Waals surface area contributed by atoms with Crippen LogP contribution in [0.1, 0.15) is 36.8 Å². The monoisotopic (exact) mass is 413 g/mol. The van der Waals surface area contributed by atoms with E-state index in [9.17, 15) is 4.79 Å². The van der Waals surface area contributed by atoms with Crippen molar-refractivity contribution in [1.82, 2.24) is 14.8 Å². The predicted octanol–water partition coefficient (Wildman–Crippen LogP) is 5.15. The molecule has 4 rings (SSSR count). The van der Waals surface area contributed by atoms with Crippen molar-refractivity contribution in [3.05, 3.63) is 90.3 Å². The molecule has 1 fully saturated rings. The summed E-state index contributed by atoms with van der Waals surface area (Å²) in [5, 5.41) is 0. The van der Waals surface area contributed by atoms with Crippen LogP contribution in [0.15, 0.2) is 79.1 Å². The lowest BCUT2D eigenvalue weighted by Crippen LogP contribution is -2.36. The van der Waals surface area contributed by atoms with Gasteiger partial charge < -0.3 is 9.80 Å². The van der Waals surface area contributed by atoms with Crippen LogP contribution in [0.5, 0.6) is 0 Å². The van der Waals surface area contributed by atoms with Gasteiger partial charge in [-0.15, -0.1) is 0 Å². The molecule has 0 spiro atoms. The van der Waals surface area contributed by atoms with Crippen molar-refractivity contribution < 1.29 is 4.79 Å². The van der Waals surface area contributed by atoms with Crippen molar-refractivity contribution in [3.63, 3.8) is 0 Å². The van der Waals surface area contributed by atoms with Crippen LogP contribution >= 0.6 is 0 Å². The third-order valence-electron chi connectivity index (χ3n) is 6.03. The Bertz CT molecular complexity index is 952. The van der Waals surface area contributed by atoms with E-state index >= 15 is 0 Å². The van der Waals surface area contributed by atoms with Gasteiger partial charge in [0.2, 0.25) is 5.91 Å². The highest BCUT2D eigenvalue weighted by Gasteiger charge is 2.19. The van der Waals surface area contributed by atoms with Crippen LogP contribution in [0.4, 0.5) is 0 Å². The summed E-state index contributed by atoms with van der Waals surface area (Å²) in [6.45, 7) is 4.30. The third kappa shape index (κ3) is 6.02. The molecule has 160 valence electrons. The maximum Gasteiger partial charge on any atom is 0.224 e. The SMILES string of the molecule is O=C(CCN1CCCCC1)N(Cc1ccncc1)Cc1ccccc1-c1ccccc1. The number of carbonyl (C=O) groups is 1. The molecule has 4 nitrogen and oxygen atoms in total. The molecule has 3 aromatic rings. The number of hydrogen-bond acceptors (Lipinski definition) is 3. The molecule has 0 atom stereocenters. The van der Waals surface area contributed by atoms with Crippen molar-refractivity contribution in [2.24, 2.45) is 0 Å². The third-order valence-corrected chi connectivity index (χ3v) is 6.03. The zero-order valence-corrected chi connectivity index (χ0v) is 18.1. The van der Waals surface area contributed by atoms with E-state index in [1.54, 1.807) is 12.4 Å². The Hall–Kier alpha value is -2.98. The Labute approximate surface area is 185 Å². The molecular formula is C27H31N3O. The standard InChI is InChI=1S/C27H31N3O/c31-27(15-20-29-18-7-2-8-19-29)30(21-23-13-16-28-17-14-23)22-25-11-5-6-12-26(25)24-9-3-1-4-10-24/h1,3-6,9-14,16-17H,2,7-8,15,18-22H2. The summed E-state index contributed by atoms with van der Waals surface area (Å²) < 4.78 is 0. The Morgan fingerprint density at radius 1 is 0.839 bits per heavy atom. The molecule has 0 bridgehead atoms. The van der Waals surface area contributed by atoms with E-state index in [4.69, 9.17) is 0 Å². The van der Waals surface area contributed by atoms with E-state index in [0.717, 1.165) is 25.2 Å². The van der Waals surface area contributed by atoms with Crippen LogP contribution in [-0.2, 0) is 17.9 Å². The lowest BCUT2D eigenvalue weighted by molar-refractivity contribution is -0.132. The molecule has 1 saturated heterocycles. The number of rotatable bonds is 8. The molecule has 0 saturated carbocycles. The molecule has 0 aliphatic carbocycles. The van der Waals surface area contributed by atoms with E-state index in [1.807, 2.05) is 23.1 Å². The van der Waals surface area contributed by atoms with Crippen LogP contribution in [0.3, 0.4) is 0 Å². The highest BCUT2D eigenvalue weighted by Crippen LogP contribution is 2.25. The lowest BCUT2D eigenvalue weighted by atomic mass is 9.99. The van der Waals surface area contributed by atoms with Gasteiger partial charge in [-0.25, -0.2) is 0 Å². The fourth-order valence-electron chi connectivity index (χ4n) is 4.30.